The number of nitrogens with one attached hydrogen (secondary N) is 1. The van der Waals surface area contributed by atoms with Crippen LogP contribution in [0, 0.1) is 5.92 Å². The van der Waals surface area contributed by atoms with Crippen molar-refractivity contribution in [1.29, 1.82) is 0 Å². The number of carbonyl (C=O) groups excluding carboxylic acids is 3. The van der Waals surface area contributed by atoms with E-state index in [0.29, 0.717) is 0 Å². The number of hydrogen-bond acceptors (Lipinski definition) is 9. The van der Waals surface area contributed by atoms with Crippen molar-refractivity contribution in [3.63, 3.8) is 0 Å². The Bertz CT molecular complexity index is 511. The van der Waals surface area contributed by atoms with Gasteiger partial charge >= 0.3 is 0 Å². The normalized spacial score (nSPS) is 32.1. The van der Waals surface area contributed by atoms with Gasteiger partial charge in [0.2, 0.25) is 5.91 Å². The molecule has 25 heavy (non-hydrogen) atoms. The minimum absolute atomic E-state index is 0.587. The minimum Gasteiger partial charge on any atom is -0.394 e. The van der Waals surface area contributed by atoms with E-state index < -0.39 is 72.7 Å². The zero-order valence-corrected chi connectivity index (χ0v) is 14.2. The van der Waals surface area contributed by atoms with Crippen LogP contribution in [0.25, 0.3) is 0 Å². The smallest absolute Gasteiger partial charge is 0.217 e. The molecule has 0 aromatic heterocycles. The molecule has 6 atom stereocenters. The molecule has 1 fully saturated rings. The molecule has 6 N–H and O–H groups in total. The highest BCUT2D eigenvalue weighted by atomic mass is 16.6. The van der Waals surface area contributed by atoms with E-state index in [9.17, 15) is 34.8 Å². The molecule has 143 valence electrons. The van der Waals surface area contributed by atoms with E-state index in [2.05, 4.69) is 5.32 Å². The first-order valence-electron chi connectivity index (χ1n) is 7.66. The van der Waals surface area contributed by atoms with Crippen LogP contribution >= 0.6 is 0 Å². The molecule has 1 aliphatic rings. The molecule has 10 heteroatoms. The number of aliphatic hydroxyl groups is 5. The summed E-state index contributed by atoms with van der Waals surface area (Å²) in [7, 11) is 0. The van der Waals surface area contributed by atoms with Gasteiger partial charge in [0.1, 0.15) is 18.3 Å². The van der Waals surface area contributed by atoms with Crippen molar-refractivity contribution in [2.24, 2.45) is 0 Å². The highest BCUT2D eigenvalue weighted by Crippen LogP contribution is 2.37. The van der Waals surface area contributed by atoms with Crippen molar-refractivity contribution in [2.75, 3.05) is 6.61 Å². The second-order valence-electron chi connectivity index (χ2n) is 6.09. The fraction of sp³-hybridized carbons (Fsp3) is 0.733. The van der Waals surface area contributed by atoms with Crippen molar-refractivity contribution in [3.8, 4) is 0 Å². The second-order valence-corrected chi connectivity index (χ2v) is 6.09. The molecular weight excluding hydrogens is 338 g/mol. The van der Waals surface area contributed by atoms with E-state index >= 15 is 0 Å². The molecular formula is C15H24NO9. The van der Waals surface area contributed by atoms with Gasteiger partial charge < -0.3 is 35.6 Å². The van der Waals surface area contributed by atoms with Crippen LogP contribution in [0.3, 0.4) is 0 Å². The number of aliphatic hydroxyl groups excluding tert-OH is 4. The quantitative estimate of drug-likeness (QED) is 0.255. The maximum atomic E-state index is 11.7. The van der Waals surface area contributed by atoms with Gasteiger partial charge in [0.05, 0.1) is 18.8 Å². The molecule has 0 unspecified atom stereocenters. The molecule has 0 saturated carbocycles. The van der Waals surface area contributed by atoms with E-state index in [-0.39, 0.29) is 0 Å². The minimum atomic E-state index is -2.52. The van der Waals surface area contributed by atoms with Crippen molar-refractivity contribution < 1.29 is 44.7 Å². The van der Waals surface area contributed by atoms with Gasteiger partial charge in [-0.2, -0.15) is 0 Å². The van der Waals surface area contributed by atoms with Crippen LogP contribution in [-0.4, -0.2) is 85.9 Å². The van der Waals surface area contributed by atoms with Gasteiger partial charge in [-0.25, -0.2) is 0 Å². The summed E-state index contributed by atoms with van der Waals surface area (Å²) in [6.45, 7) is 2.33. The van der Waals surface area contributed by atoms with E-state index in [0.717, 1.165) is 20.8 Å². The van der Waals surface area contributed by atoms with Crippen molar-refractivity contribution in [1.82, 2.24) is 5.32 Å². The topological polar surface area (TPSA) is 174 Å². The zero-order chi connectivity index (χ0) is 19.5. The highest BCUT2D eigenvalue weighted by Gasteiger charge is 2.56. The third-order valence-electron chi connectivity index (χ3n) is 3.97. The number of ether oxygens (including phenoxy) is 1. The van der Waals surface area contributed by atoms with Gasteiger partial charge in [0.15, 0.2) is 23.3 Å². The third-order valence-corrected chi connectivity index (χ3v) is 3.97. The lowest BCUT2D eigenvalue weighted by molar-refractivity contribution is -0.289. The Morgan fingerprint density at radius 2 is 1.72 bits per heavy atom. The standard InChI is InChI=1S/C15H24NO9/c1-6(18)11(7(2)19)15(24)4-9(21)12(16-8(3)20)14(25-15)13(23)10(22)5-17/h9-10,12-14,17,21-24H,4-5H2,1-3H3,(H,16,20)/t9-,10+,12+,13+,14+,15-/m0/s1. The lowest BCUT2D eigenvalue weighted by atomic mass is 9.80. The summed E-state index contributed by atoms with van der Waals surface area (Å²) in [5.74, 6) is -5.33. The largest absolute Gasteiger partial charge is 0.394 e. The predicted molar refractivity (Wildman–Crippen MR) is 81.8 cm³/mol. The van der Waals surface area contributed by atoms with Gasteiger partial charge in [-0.1, -0.05) is 0 Å². The number of amides is 1. The Kier molecular flexibility index (Phi) is 7.18. The molecule has 1 saturated heterocycles. The summed E-state index contributed by atoms with van der Waals surface area (Å²) in [5.41, 5.74) is 0. The first-order chi connectivity index (χ1) is 11.4. The Hall–Kier alpha value is -1.43. The average molecular weight is 362 g/mol. The van der Waals surface area contributed by atoms with Crippen LogP contribution in [-0.2, 0) is 19.1 Å². The fourth-order valence-corrected chi connectivity index (χ4v) is 2.96. The molecule has 1 radical (unpaired) electrons. The van der Waals surface area contributed by atoms with E-state index in [1.165, 1.54) is 0 Å². The number of rotatable bonds is 7. The number of hydrogen-bond donors (Lipinski definition) is 6. The fourth-order valence-electron chi connectivity index (χ4n) is 2.96. The molecule has 0 aromatic carbocycles. The maximum Gasteiger partial charge on any atom is 0.217 e. The third kappa shape index (κ3) is 4.81. The van der Waals surface area contributed by atoms with Gasteiger partial charge in [0.25, 0.3) is 0 Å². The molecule has 10 nitrogen and oxygen atoms in total. The first kappa shape index (κ1) is 21.6. The Morgan fingerprint density at radius 3 is 2.12 bits per heavy atom. The molecule has 1 amide bonds. The number of carbonyl (C=O) groups is 3. The van der Waals surface area contributed by atoms with Crippen LogP contribution in [0.5, 0.6) is 0 Å². The molecule has 1 aliphatic heterocycles. The molecule has 0 aromatic rings. The van der Waals surface area contributed by atoms with Crippen LogP contribution < -0.4 is 5.32 Å². The summed E-state index contributed by atoms with van der Waals surface area (Å²) in [4.78, 5) is 34.8. The Labute approximate surface area is 144 Å². The van der Waals surface area contributed by atoms with E-state index in [1.54, 1.807) is 0 Å². The monoisotopic (exact) mass is 362 g/mol. The highest BCUT2D eigenvalue weighted by molar-refractivity contribution is 6.15. The molecule has 1 rings (SSSR count). The van der Waals surface area contributed by atoms with Gasteiger partial charge in [-0.3, -0.25) is 14.4 Å². The lowest BCUT2D eigenvalue weighted by Crippen LogP contribution is -2.67. The summed E-state index contributed by atoms with van der Waals surface area (Å²) < 4.78 is 5.31. The molecule has 0 aliphatic carbocycles. The van der Waals surface area contributed by atoms with Crippen LogP contribution in [0.4, 0.5) is 0 Å². The van der Waals surface area contributed by atoms with E-state index in [4.69, 9.17) is 9.84 Å². The summed E-state index contributed by atoms with van der Waals surface area (Å²) in [6, 6.07) is -1.26. The zero-order valence-electron chi connectivity index (χ0n) is 14.2. The summed E-state index contributed by atoms with van der Waals surface area (Å²) >= 11 is 0. The maximum absolute atomic E-state index is 11.7. The van der Waals surface area contributed by atoms with Crippen molar-refractivity contribution >= 4 is 17.5 Å². The average Bonchev–Trinajstić information content (AvgIpc) is 2.46. The van der Waals surface area contributed by atoms with Crippen LogP contribution in [0.2, 0.25) is 0 Å². The lowest BCUT2D eigenvalue weighted by Gasteiger charge is -2.48. The first-order valence-corrected chi connectivity index (χ1v) is 7.66. The SMILES string of the molecule is CC(=O)N[C@H]1[C@H]([C@H](O)[C@H](O)CO)O[C@](O)([C](C(C)=O)C(C)=O)C[C@@H]1O. The van der Waals surface area contributed by atoms with Crippen LogP contribution in [0.15, 0.2) is 0 Å². The summed E-state index contributed by atoms with van der Waals surface area (Å²) in [6.07, 6.45) is -7.28. The van der Waals surface area contributed by atoms with Crippen molar-refractivity contribution in [2.45, 2.75) is 63.4 Å². The van der Waals surface area contributed by atoms with Gasteiger partial charge in [-0.15, -0.1) is 0 Å². The molecule has 0 bridgehead atoms. The Morgan fingerprint density at radius 1 is 1.20 bits per heavy atom. The van der Waals surface area contributed by atoms with Gasteiger partial charge in [0, 0.05) is 13.3 Å². The predicted octanol–water partition coefficient (Wildman–Crippen LogP) is -3.20. The molecule has 1 heterocycles. The van der Waals surface area contributed by atoms with Gasteiger partial charge in [-0.05, 0) is 13.8 Å². The van der Waals surface area contributed by atoms with Crippen molar-refractivity contribution in [3.05, 3.63) is 5.92 Å². The Balaban J connectivity index is 3.27. The number of ketones is 2. The van der Waals surface area contributed by atoms with Crippen LogP contribution in [0.1, 0.15) is 27.2 Å². The number of Topliss-reactive ketones (excluding diaryl/α,β-unsaturated/α-hetero) is 2. The molecule has 0 spiro atoms. The second kappa shape index (κ2) is 8.30. The summed E-state index contributed by atoms with van der Waals surface area (Å²) in [5, 5.41) is 52.0. The van der Waals surface area contributed by atoms with E-state index in [1.807, 2.05) is 0 Å².